The van der Waals surface area contributed by atoms with E-state index >= 15 is 0 Å². The minimum Gasteiger partial charge on any atom is -0.507 e. The molecular weight excluding hydrogens is 528 g/mol. The van der Waals surface area contributed by atoms with E-state index in [1.165, 1.54) is 75.3 Å². The van der Waals surface area contributed by atoms with Gasteiger partial charge in [-0.2, -0.15) is 0 Å². The van der Waals surface area contributed by atoms with Crippen molar-refractivity contribution in [3.63, 3.8) is 0 Å². The van der Waals surface area contributed by atoms with Crippen LogP contribution in [0, 0.1) is 0 Å². The van der Waals surface area contributed by atoms with Gasteiger partial charge in [-0.1, -0.05) is 103 Å². The number of rotatable bonds is 20. The second kappa shape index (κ2) is 20.1. The van der Waals surface area contributed by atoms with Crippen molar-refractivity contribution in [2.24, 2.45) is 0 Å². The van der Waals surface area contributed by atoms with E-state index in [9.17, 15) is 10.2 Å². The average molecular weight is 593 g/mol. The fraction of sp³-hybridized carbons (Fsp3) is 0.692. The van der Waals surface area contributed by atoms with Gasteiger partial charge < -0.3 is 10.2 Å². The highest BCUT2D eigenvalue weighted by molar-refractivity contribution is 5.45. The van der Waals surface area contributed by atoms with Gasteiger partial charge in [0.15, 0.2) is 0 Å². The van der Waals surface area contributed by atoms with E-state index in [-0.39, 0.29) is 0 Å². The summed E-state index contributed by atoms with van der Waals surface area (Å²) in [5, 5.41) is 22.6. The summed E-state index contributed by atoms with van der Waals surface area (Å²) in [5.74, 6) is 1.08. The van der Waals surface area contributed by atoms with Crippen LogP contribution < -0.4 is 0 Å². The molecule has 3 rings (SSSR count). The molecule has 242 valence electrons. The second-order valence-electron chi connectivity index (χ2n) is 13.3. The van der Waals surface area contributed by atoms with Gasteiger partial charge in [0.1, 0.15) is 11.5 Å². The molecule has 2 N–H and O–H groups in total. The number of hydrogen-bond acceptors (Lipinski definition) is 4. The normalized spacial score (nSPS) is 14.8. The molecule has 0 atom stereocenters. The average Bonchev–Trinajstić information content (AvgIpc) is 3.22. The number of benzene rings is 2. The summed E-state index contributed by atoms with van der Waals surface area (Å²) in [5.41, 5.74) is 7.32. The lowest BCUT2D eigenvalue weighted by molar-refractivity contribution is 0.243. The van der Waals surface area contributed by atoms with E-state index in [0.29, 0.717) is 11.5 Å². The molecule has 0 aromatic heterocycles. The Kier molecular flexibility index (Phi) is 16.5. The van der Waals surface area contributed by atoms with Crippen LogP contribution in [0.5, 0.6) is 11.5 Å². The lowest BCUT2D eigenvalue weighted by Crippen LogP contribution is -2.30. The molecule has 1 saturated heterocycles. The third kappa shape index (κ3) is 12.1. The van der Waals surface area contributed by atoms with Gasteiger partial charge in [0.05, 0.1) is 0 Å². The lowest BCUT2D eigenvalue weighted by atomic mass is 9.96. The molecule has 4 heteroatoms. The molecule has 1 heterocycles. The number of hydrogen-bond donors (Lipinski definition) is 2. The second-order valence-corrected chi connectivity index (χ2v) is 13.3. The Balaban J connectivity index is 1.69. The van der Waals surface area contributed by atoms with E-state index < -0.39 is 0 Å². The maximum Gasteiger partial charge on any atom is 0.123 e. The number of nitrogens with zero attached hydrogens (tertiary/aromatic N) is 2. The Morgan fingerprint density at radius 2 is 0.814 bits per heavy atom. The minimum absolute atomic E-state index is 0.539. The van der Waals surface area contributed by atoms with Crippen LogP contribution in [-0.4, -0.2) is 46.2 Å². The molecule has 0 aliphatic carbocycles. The van der Waals surface area contributed by atoms with Gasteiger partial charge in [-0.05, 0) is 93.1 Å². The zero-order valence-electron chi connectivity index (χ0n) is 28.4. The minimum atomic E-state index is 0.539. The third-order valence-corrected chi connectivity index (χ3v) is 9.36. The van der Waals surface area contributed by atoms with Gasteiger partial charge >= 0.3 is 0 Å². The molecule has 0 amide bonds. The summed E-state index contributed by atoms with van der Waals surface area (Å²) in [6.45, 7) is 14.7. The predicted molar refractivity (Wildman–Crippen MR) is 184 cm³/mol. The Morgan fingerprint density at radius 3 is 1.19 bits per heavy atom. The zero-order valence-corrected chi connectivity index (χ0v) is 28.4. The van der Waals surface area contributed by atoms with Crippen molar-refractivity contribution in [2.75, 3.05) is 26.2 Å². The Labute approximate surface area is 264 Å². The number of aromatic hydroxyl groups is 2. The van der Waals surface area contributed by atoms with Crippen LogP contribution in [0.3, 0.4) is 0 Å². The van der Waals surface area contributed by atoms with Crippen molar-refractivity contribution < 1.29 is 10.2 Å². The monoisotopic (exact) mass is 592 g/mol. The maximum absolute atomic E-state index is 11.3. The molecule has 0 spiro atoms. The molecule has 4 nitrogen and oxygen atoms in total. The fourth-order valence-electron chi connectivity index (χ4n) is 6.69. The van der Waals surface area contributed by atoms with E-state index in [0.717, 1.165) is 106 Å². The topological polar surface area (TPSA) is 46.9 Å². The third-order valence-electron chi connectivity index (χ3n) is 9.36. The van der Waals surface area contributed by atoms with Crippen molar-refractivity contribution in [2.45, 2.75) is 150 Å². The van der Waals surface area contributed by atoms with E-state index in [1.54, 1.807) is 0 Å². The Hall–Kier alpha value is -2.04. The summed E-state index contributed by atoms with van der Waals surface area (Å²) in [6, 6.07) is 9.15. The molecule has 43 heavy (non-hydrogen) atoms. The molecule has 2 aromatic rings. The van der Waals surface area contributed by atoms with Crippen molar-refractivity contribution in [3.05, 3.63) is 57.6 Å². The Bertz CT molecular complexity index is 982. The van der Waals surface area contributed by atoms with Crippen LogP contribution in [0.2, 0.25) is 0 Å². The van der Waals surface area contributed by atoms with Crippen LogP contribution >= 0.6 is 0 Å². The van der Waals surface area contributed by atoms with Gasteiger partial charge in [0.25, 0.3) is 0 Å². The van der Waals surface area contributed by atoms with Gasteiger partial charge in [0, 0.05) is 37.3 Å². The van der Waals surface area contributed by atoms with Crippen molar-refractivity contribution in [1.29, 1.82) is 0 Å². The SMILES string of the molecule is CCCCCc1cc(CCCCC)c(O)c(CN2CCCN(Cc3cc(CCCCC)cc(CCCCC)c3O)CC2)c1. The predicted octanol–water partition coefficient (Wildman–Crippen LogP) is 9.74. The first kappa shape index (κ1) is 35.4. The standard InChI is InChI=1S/C39H64N2O2/c1-5-9-13-18-32-26-34(20-15-11-7-3)38(42)36(28-32)30-40-22-17-23-41(25-24-40)31-37-29-33(19-14-10-6-2)27-35(39(37)43)21-16-12-8-4/h26-29,42-43H,5-25,30-31H2,1-4H3. The lowest BCUT2D eigenvalue weighted by Gasteiger charge is -2.24. The molecule has 0 unspecified atom stereocenters. The van der Waals surface area contributed by atoms with Gasteiger partial charge in [-0.3, -0.25) is 9.80 Å². The summed E-state index contributed by atoms with van der Waals surface area (Å²) in [6.07, 6.45) is 19.9. The van der Waals surface area contributed by atoms with Gasteiger partial charge in [0.2, 0.25) is 0 Å². The first-order valence-corrected chi connectivity index (χ1v) is 18.1. The highest BCUT2D eigenvalue weighted by atomic mass is 16.3. The summed E-state index contributed by atoms with van der Waals surface area (Å²) in [4.78, 5) is 5.08. The quantitative estimate of drug-likeness (QED) is 0.150. The van der Waals surface area contributed by atoms with E-state index in [2.05, 4.69) is 61.8 Å². The molecule has 1 aliphatic heterocycles. The number of phenols is 2. The number of unbranched alkanes of at least 4 members (excludes halogenated alkanes) is 8. The highest BCUT2D eigenvalue weighted by Crippen LogP contribution is 2.31. The molecule has 0 saturated carbocycles. The van der Waals surface area contributed by atoms with Crippen LogP contribution in [0.15, 0.2) is 24.3 Å². The van der Waals surface area contributed by atoms with Crippen LogP contribution in [0.4, 0.5) is 0 Å². The zero-order chi connectivity index (χ0) is 30.9. The van der Waals surface area contributed by atoms with Crippen LogP contribution in [-0.2, 0) is 38.8 Å². The number of aryl methyl sites for hydroxylation is 4. The molecule has 1 aliphatic rings. The summed E-state index contributed by atoms with van der Waals surface area (Å²) in [7, 11) is 0. The smallest absolute Gasteiger partial charge is 0.123 e. The molecular formula is C39H64N2O2. The first-order chi connectivity index (χ1) is 21.0. The Morgan fingerprint density at radius 1 is 0.465 bits per heavy atom. The van der Waals surface area contributed by atoms with Crippen LogP contribution in [0.25, 0.3) is 0 Å². The molecule has 0 radical (unpaired) electrons. The van der Waals surface area contributed by atoms with Gasteiger partial charge in [-0.25, -0.2) is 0 Å². The fourth-order valence-corrected chi connectivity index (χ4v) is 6.69. The van der Waals surface area contributed by atoms with Crippen molar-refractivity contribution >= 4 is 0 Å². The van der Waals surface area contributed by atoms with Crippen molar-refractivity contribution in [3.8, 4) is 11.5 Å². The van der Waals surface area contributed by atoms with E-state index in [1.807, 2.05) is 0 Å². The maximum atomic E-state index is 11.3. The van der Waals surface area contributed by atoms with E-state index in [4.69, 9.17) is 0 Å². The highest BCUT2D eigenvalue weighted by Gasteiger charge is 2.20. The summed E-state index contributed by atoms with van der Waals surface area (Å²) < 4.78 is 0. The van der Waals surface area contributed by atoms with Crippen molar-refractivity contribution in [1.82, 2.24) is 9.80 Å². The number of phenolic OH excluding ortho intramolecular Hbond substituents is 2. The molecule has 2 aromatic carbocycles. The first-order valence-electron chi connectivity index (χ1n) is 18.1. The summed E-state index contributed by atoms with van der Waals surface area (Å²) >= 11 is 0. The molecule has 0 bridgehead atoms. The molecule has 1 fully saturated rings. The largest absolute Gasteiger partial charge is 0.507 e. The van der Waals surface area contributed by atoms with Crippen LogP contribution in [0.1, 0.15) is 145 Å². The van der Waals surface area contributed by atoms with Gasteiger partial charge in [-0.15, -0.1) is 0 Å².